The summed E-state index contributed by atoms with van der Waals surface area (Å²) in [4.78, 5) is 19.4. The predicted molar refractivity (Wildman–Crippen MR) is 107 cm³/mol. The Bertz CT molecular complexity index is 833. The number of ether oxygens (including phenoxy) is 1. The third-order valence-corrected chi connectivity index (χ3v) is 4.58. The van der Waals surface area contributed by atoms with Crippen LogP contribution in [0.15, 0.2) is 47.5 Å². The van der Waals surface area contributed by atoms with Crippen LogP contribution in [0.3, 0.4) is 0 Å². The predicted octanol–water partition coefficient (Wildman–Crippen LogP) is 3.80. The summed E-state index contributed by atoms with van der Waals surface area (Å²) < 4.78 is 6.03. The molecule has 0 spiro atoms. The number of carbonyl (C=O) groups is 1. The molecule has 0 aromatic heterocycles. The monoisotopic (exact) mass is 387 g/mol. The smallest absolute Gasteiger partial charge is 0.317 e. The van der Waals surface area contributed by atoms with E-state index in [9.17, 15) is 4.79 Å². The Morgan fingerprint density at radius 1 is 1.19 bits per heavy atom. The number of halogens is 1. The fourth-order valence-electron chi connectivity index (χ4n) is 2.87. The fraction of sp³-hybridized carbons (Fsp3) is 0.300. The quantitative estimate of drug-likeness (QED) is 0.603. The summed E-state index contributed by atoms with van der Waals surface area (Å²) in [5.41, 5.74) is 1.69. The molecule has 142 valence electrons. The number of hydrogen-bond acceptors (Lipinski definition) is 4. The lowest BCUT2D eigenvalue weighted by molar-refractivity contribution is -0.138. The first-order valence-corrected chi connectivity index (χ1v) is 9.14. The highest BCUT2D eigenvalue weighted by molar-refractivity contribution is 6.30. The van der Waals surface area contributed by atoms with Gasteiger partial charge in [0.2, 0.25) is 0 Å². The van der Waals surface area contributed by atoms with Gasteiger partial charge in [-0.25, -0.2) is 4.99 Å². The number of carboxylic acids is 1. The highest BCUT2D eigenvalue weighted by Crippen LogP contribution is 2.33. The number of piperazine rings is 1. The largest absolute Gasteiger partial charge is 0.480 e. The molecule has 1 aliphatic heterocycles. The Hall–Kier alpha value is -2.57. The molecule has 0 radical (unpaired) electrons. The fourth-order valence-corrected chi connectivity index (χ4v) is 3.09. The van der Waals surface area contributed by atoms with Gasteiger partial charge in [-0.05, 0) is 42.8 Å². The van der Waals surface area contributed by atoms with Gasteiger partial charge in [-0.2, -0.15) is 0 Å². The zero-order valence-electron chi connectivity index (χ0n) is 15.1. The molecule has 0 unspecified atom stereocenters. The molecule has 2 aromatic rings. The van der Waals surface area contributed by atoms with Gasteiger partial charge < -0.3 is 14.7 Å². The van der Waals surface area contributed by atoms with E-state index in [1.807, 2.05) is 48.2 Å². The molecule has 27 heavy (non-hydrogen) atoms. The molecule has 0 bridgehead atoms. The minimum absolute atomic E-state index is 0.0854. The lowest BCUT2D eigenvalue weighted by Crippen LogP contribution is -2.47. The van der Waals surface area contributed by atoms with Crippen molar-refractivity contribution in [1.29, 1.82) is 0 Å². The van der Waals surface area contributed by atoms with Gasteiger partial charge in [0.1, 0.15) is 11.4 Å². The Kier molecular flexibility index (Phi) is 6.32. The molecule has 1 saturated heterocycles. The molecular weight excluding hydrogens is 366 g/mol. The van der Waals surface area contributed by atoms with Gasteiger partial charge in [0.15, 0.2) is 5.75 Å². The van der Waals surface area contributed by atoms with Crippen LogP contribution in [-0.2, 0) is 4.79 Å². The molecule has 0 amide bonds. The molecule has 0 atom stereocenters. The zero-order valence-corrected chi connectivity index (χ0v) is 15.9. The van der Waals surface area contributed by atoms with E-state index in [-0.39, 0.29) is 6.54 Å². The maximum absolute atomic E-state index is 10.8. The van der Waals surface area contributed by atoms with Crippen LogP contribution in [0.2, 0.25) is 5.02 Å². The third-order valence-electron chi connectivity index (χ3n) is 4.35. The molecule has 3 rings (SSSR count). The van der Waals surface area contributed by atoms with Crippen LogP contribution in [0, 0.1) is 6.92 Å². The van der Waals surface area contributed by atoms with E-state index < -0.39 is 5.97 Å². The maximum Gasteiger partial charge on any atom is 0.317 e. The van der Waals surface area contributed by atoms with Gasteiger partial charge in [-0.15, -0.1) is 0 Å². The summed E-state index contributed by atoms with van der Waals surface area (Å²) in [5.74, 6) is 0.619. The number of rotatable bonds is 6. The summed E-state index contributed by atoms with van der Waals surface area (Å²) in [5, 5.41) is 9.54. The second-order valence-electron chi connectivity index (χ2n) is 6.43. The molecule has 1 fully saturated rings. The van der Waals surface area contributed by atoms with Crippen molar-refractivity contribution in [1.82, 2.24) is 9.80 Å². The first kappa shape index (κ1) is 19.2. The average molecular weight is 388 g/mol. The standard InChI is InChI=1S/C20H22ClN3O3/c1-15-12-16(21)6-7-18(15)27-19-5-3-2-4-17(19)22-14-24-10-8-23(9-11-24)13-20(25)26/h2-7,12,14H,8-11,13H2,1H3,(H,25,26). The van der Waals surface area contributed by atoms with E-state index in [1.165, 1.54) is 0 Å². The van der Waals surface area contributed by atoms with Crippen molar-refractivity contribution in [3.63, 3.8) is 0 Å². The maximum atomic E-state index is 10.8. The molecule has 0 aliphatic carbocycles. The highest BCUT2D eigenvalue weighted by atomic mass is 35.5. The van der Waals surface area contributed by atoms with Gasteiger partial charge >= 0.3 is 5.97 Å². The Balaban J connectivity index is 1.66. The van der Waals surface area contributed by atoms with E-state index >= 15 is 0 Å². The molecule has 7 heteroatoms. The van der Waals surface area contributed by atoms with Crippen molar-refractivity contribution in [2.24, 2.45) is 4.99 Å². The first-order valence-electron chi connectivity index (χ1n) is 8.77. The van der Waals surface area contributed by atoms with Gasteiger partial charge in [0.05, 0.1) is 12.9 Å². The average Bonchev–Trinajstić information content (AvgIpc) is 2.64. The van der Waals surface area contributed by atoms with Crippen molar-refractivity contribution in [2.75, 3.05) is 32.7 Å². The van der Waals surface area contributed by atoms with Crippen LogP contribution in [0.25, 0.3) is 0 Å². The van der Waals surface area contributed by atoms with Gasteiger partial charge in [-0.1, -0.05) is 23.7 Å². The van der Waals surface area contributed by atoms with Crippen LogP contribution in [0.5, 0.6) is 11.5 Å². The van der Waals surface area contributed by atoms with E-state index in [0.29, 0.717) is 23.9 Å². The summed E-state index contributed by atoms with van der Waals surface area (Å²) >= 11 is 6.00. The summed E-state index contributed by atoms with van der Waals surface area (Å²) in [6, 6.07) is 13.1. The highest BCUT2D eigenvalue weighted by Gasteiger charge is 2.16. The number of hydrogen-bond donors (Lipinski definition) is 1. The van der Waals surface area contributed by atoms with Crippen molar-refractivity contribution in [2.45, 2.75) is 6.92 Å². The third kappa shape index (κ3) is 5.45. The number of aliphatic imine (C=N–C) groups is 1. The number of benzene rings is 2. The molecular formula is C20H22ClN3O3. The summed E-state index contributed by atoms with van der Waals surface area (Å²) in [6.45, 7) is 4.94. The molecule has 2 aromatic carbocycles. The second-order valence-corrected chi connectivity index (χ2v) is 6.87. The van der Waals surface area contributed by atoms with E-state index in [4.69, 9.17) is 21.4 Å². The molecule has 1 N–H and O–H groups in total. The first-order chi connectivity index (χ1) is 13.0. The number of aliphatic carboxylic acids is 1. The number of para-hydroxylation sites is 2. The minimum Gasteiger partial charge on any atom is -0.480 e. The van der Waals surface area contributed by atoms with Gasteiger partial charge in [-0.3, -0.25) is 9.69 Å². The van der Waals surface area contributed by atoms with Crippen LogP contribution < -0.4 is 4.74 Å². The Morgan fingerprint density at radius 2 is 1.93 bits per heavy atom. The van der Waals surface area contributed by atoms with Gasteiger partial charge in [0, 0.05) is 31.2 Å². The molecule has 0 saturated carbocycles. The molecule has 1 aliphatic rings. The van der Waals surface area contributed by atoms with Crippen molar-refractivity contribution in [3.8, 4) is 11.5 Å². The normalized spacial score (nSPS) is 15.3. The lowest BCUT2D eigenvalue weighted by atomic mass is 10.2. The zero-order chi connectivity index (χ0) is 19.2. The Morgan fingerprint density at radius 3 is 2.63 bits per heavy atom. The molecule has 6 nitrogen and oxygen atoms in total. The van der Waals surface area contributed by atoms with Crippen molar-refractivity contribution in [3.05, 3.63) is 53.1 Å². The van der Waals surface area contributed by atoms with Crippen LogP contribution in [0.4, 0.5) is 5.69 Å². The summed E-state index contributed by atoms with van der Waals surface area (Å²) in [6.07, 6.45) is 1.80. The minimum atomic E-state index is -0.791. The van der Waals surface area contributed by atoms with E-state index in [1.54, 1.807) is 12.4 Å². The number of nitrogens with zero attached hydrogens (tertiary/aromatic N) is 3. The SMILES string of the molecule is Cc1cc(Cl)ccc1Oc1ccccc1N=CN1CCN(CC(=O)O)CC1. The topological polar surface area (TPSA) is 65.4 Å². The van der Waals surface area contributed by atoms with Crippen LogP contribution in [-0.4, -0.2) is 59.9 Å². The number of carboxylic acid groups (broad SMARTS) is 1. The lowest BCUT2D eigenvalue weighted by Gasteiger charge is -2.32. The van der Waals surface area contributed by atoms with Crippen LogP contribution in [0.1, 0.15) is 5.56 Å². The van der Waals surface area contributed by atoms with E-state index in [2.05, 4.69) is 9.89 Å². The van der Waals surface area contributed by atoms with Crippen LogP contribution >= 0.6 is 11.6 Å². The van der Waals surface area contributed by atoms with Crippen molar-refractivity contribution >= 4 is 29.6 Å². The second kappa shape index (κ2) is 8.88. The Labute approximate surface area is 163 Å². The molecule has 1 heterocycles. The van der Waals surface area contributed by atoms with Gasteiger partial charge in [0.25, 0.3) is 0 Å². The van der Waals surface area contributed by atoms with Crippen molar-refractivity contribution < 1.29 is 14.6 Å². The van der Waals surface area contributed by atoms with E-state index in [0.717, 1.165) is 30.1 Å². The summed E-state index contributed by atoms with van der Waals surface area (Å²) in [7, 11) is 0. The number of aryl methyl sites for hydroxylation is 1.